The van der Waals surface area contributed by atoms with Crippen molar-refractivity contribution in [1.82, 2.24) is 20.2 Å². The molecule has 0 unspecified atom stereocenters. The van der Waals surface area contributed by atoms with Gasteiger partial charge in [-0.15, -0.1) is 5.10 Å². The molecule has 2 aromatic rings. The van der Waals surface area contributed by atoms with Gasteiger partial charge in [0.2, 0.25) is 0 Å². The molecule has 0 spiro atoms. The summed E-state index contributed by atoms with van der Waals surface area (Å²) < 4.78 is 1.52. The van der Waals surface area contributed by atoms with Gasteiger partial charge >= 0.3 is 0 Å². The summed E-state index contributed by atoms with van der Waals surface area (Å²) in [6.07, 6.45) is 0. The number of hydrogen-bond donors (Lipinski definition) is 1. The Labute approximate surface area is 92.1 Å². The van der Waals surface area contributed by atoms with Crippen molar-refractivity contribution in [2.75, 3.05) is 0 Å². The number of tetrazole rings is 1. The molecule has 0 fully saturated rings. The van der Waals surface area contributed by atoms with Crippen LogP contribution in [0.4, 0.5) is 0 Å². The van der Waals surface area contributed by atoms with E-state index in [4.69, 9.17) is 5.73 Å². The number of nitrogens with zero attached hydrogens (tertiary/aromatic N) is 4. The maximum atomic E-state index is 11.2. The molecule has 1 aromatic heterocycles. The summed E-state index contributed by atoms with van der Waals surface area (Å²) in [5.41, 5.74) is 6.86. The minimum Gasteiger partial charge on any atom is -0.324 e. The van der Waals surface area contributed by atoms with Crippen LogP contribution in [0, 0.1) is 0 Å². The number of carbonyl (C=O) groups excluding carboxylic acids is 1. The van der Waals surface area contributed by atoms with E-state index >= 15 is 0 Å². The van der Waals surface area contributed by atoms with Crippen molar-refractivity contribution in [3.8, 4) is 5.69 Å². The molecule has 16 heavy (non-hydrogen) atoms. The summed E-state index contributed by atoms with van der Waals surface area (Å²) in [5, 5.41) is 11.1. The predicted molar refractivity (Wildman–Crippen MR) is 57.0 cm³/mol. The summed E-state index contributed by atoms with van der Waals surface area (Å²) in [7, 11) is 0. The minimum absolute atomic E-state index is 0.00391. The highest BCUT2D eigenvalue weighted by molar-refractivity contribution is 5.94. The topological polar surface area (TPSA) is 86.7 Å². The average Bonchev–Trinajstić information content (AvgIpc) is 2.77. The van der Waals surface area contributed by atoms with E-state index in [1.54, 1.807) is 18.2 Å². The Morgan fingerprint density at radius 1 is 1.50 bits per heavy atom. The highest BCUT2D eigenvalue weighted by Crippen LogP contribution is 2.11. The van der Waals surface area contributed by atoms with Crippen LogP contribution < -0.4 is 5.73 Å². The van der Waals surface area contributed by atoms with Crippen LogP contribution in [0.2, 0.25) is 0 Å². The van der Waals surface area contributed by atoms with Crippen LogP contribution >= 0.6 is 0 Å². The lowest BCUT2D eigenvalue weighted by Crippen LogP contribution is -2.08. The van der Waals surface area contributed by atoms with E-state index < -0.39 is 0 Å². The zero-order chi connectivity index (χ0) is 11.5. The quantitative estimate of drug-likeness (QED) is 0.748. The molecule has 82 valence electrons. The van der Waals surface area contributed by atoms with Gasteiger partial charge in [0.15, 0.2) is 11.6 Å². The fourth-order valence-electron chi connectivity index (χ4n) is 1.39. The van der Waals surface area contributed by atoms with Gasteiger partial charge in [0, 0.05) is 5.56 Å². The van der Waals surface area contributed by atoms with Crippen LogP contribution in [0.1, 0.15) is 23.1 Å². The second kappa shape index (κ2) is 4.19. The van der Waals surface area contributed by atoms with E-state index in [1.165, 1.54) is 11.6 Å². The summed E-state index contributed by atoms with van der Waals surface area (Å²) in [6.45, 7) is 1.76. The normalized spacial score (nSPS) is 10.4. The number of rotatable bonds is 3. The zero-order valence-electron chi connectivity index (χ0n) is 8.79. The van der Waals surface area contributed by atoms with Crippen molar-refractivity contribution >= 4 is 5.78 Å². The number of benzene rings is 1. The van der Waals surface area contributed by atoms with Crippen LogP contribution in [-0.4, -0.2) is 26.0 Å². The average molecular weight is 217 g/mol. The SMILES string of the molecule is CC(=O)c1cccc(-n2nnnc2CN)c1. The lowest BCUT2D eigenvalue weighted by molar-refractivity contribution is 0.101. The molecule has 0 aliphatic rings. The molecule has 0 aliphatic carbocycles. The van der Waals surface area contributed by atoms with Crippen molar-refractivity contribution < 1.29 is 4.79 Å². The minimum atomic E-state index is 0.00391. The third kappa shape index (κ3) is 1.82. The third-order valence-corrected chi connectivity index (χ3v) is 2.21. The number of Topliss-reactive ketones (excluding diaryl/α,β-unsaturated/α-hetero) is 1. The molecule has 0 aliphatic heterocycles. The van der Waals surface area contributed by atoms with Gasteiger partial charge in [-0.05, 0) is 29.5 Å². The molecule has 6 heteroatoms. The van der Waals surface area contributed by atoms with Gasteiger partial charge in [0.1, 0.15) is 0 Å². The van der Waals surface area contributed by atoms with Crippen LogP contribution in [0.5, 0.6) is 0 Å². The van der Waals surface area contributed by atoms with Gasteiger partial charge in [-0.1, -0.05) is 12.1 Å². The highest BCUT2D eigenvalue weighted by Gasteiger charge is 2.07. The Kier molecular flexibility index (Phi) is 2.74. The second-order valence-electron chi connectivity index (χ2n) is 3.32. The van der Waals surface area contributed by atoms with Gasteiger partial charge in [-0.3, -0.25) is 4.79 Å². The van der Waals surface area contributed by atoms with Crippen molar-refractivity contribution in [3.05, 3.63) is 35.7 Å². The lowest BCUT2D eigenvalue weighted by atomic mass is 10.1. The fraction of sp³-hybridized carbons (Fsp3) is 0.200. The summed E-state index contributed by atoms with van der Waals surface area (Å²) in [5.74, 6) is 0.560. The van der Waals surface area contributed by atoms with E-state index in [0.717, 1.165) is 5.69 Å². The predicted octanol–water partition coefficient (Wildman–Crippen LogP) is 0.324. The van der Waals surface area contributed by atoms with Gasteiger partial charge in [0.25, 0.3) is 0 Å². The number of hydrogen-bond acceptors (Lipinski definition) is 5. The Morgan fingerprint density at radius 3 is 3.00 bits per heavy atom. The molecule has 1 heterocycles. The molecule has 0 bridgehead atoms. The molecule has 2 rings (SSSR count). The molecule has 0 saturated carbocycles. The largest absolute Gasteiger partial charge is 0.324 e. The van der Waals surface area contributed by atoms with E-state index in [-0.39, 0.29) is 12.3 Å². The molecule has 1 aromatic carbocycles. The Morgan fingerprint density at radius 2 is 2.31 bits per heavy atom. The summed E-state index contributed by atoms with van der Waals surface area (Å²) >= 11 is 0. The first-order valence-electron chi connectivity index (χ1n) is 4.81. The molecule has 0 saturated heterocycles. The van der Waals surface area contributed by atoms with Crippen LogP contribution in [0.15, 0.2) is 24.3 Å². The molecule has 6 nitrogen and oxygen atoms in total. The first-order chi connectivity index (χ1) is 7.72. The van der Waals surface area contributed by atoms with Gasteiger partial charge < -0.3 is 5.73 Å². The molecule has 0 atom stereocenters. The maximum absolute atomic E-state index is 11.2. The molecule has 0 radical (unpaired) electrons. The van der Waals surface area contributed by atoms with Crippen LogP contribution in [-0.2, 0) is 6.54 Å². The monoisotopic (exact) mass is 217 g/mol. The van der Waals surface area contributed by atoms with Crippen molar-refractivity contribution in [1.29, 1.82) is 0 Å². The van der Waals surface area contributed by atoms with E-state index in [1.807, 2.05) is 6.07 Å². The lowest BCUT2D eigenvalue weighted by Gasteiger charge is -2.03. The van der Waals surface area contributed by atoms with Gasteiger partial charge in [-0.2, -0.15) is 4.68 Å². The summed E-state index contributed by atoms with van der Waals surface area (Å²) in [6, 6.07) is 7.09. The van der Waals surface area contributed by atoms with E-state index in [2.05, 4.69) is 15.5 Å². The van der Waals surface area contributed by atoms with Crippen LogP contribution in [0.25, 0.3) is 5.69 Å². The summed E-state index contributed by atoms with van der Waals surface area (Å²) in [4.78, 5) is 11.2. The Bertz CT molecular complexity index is 519. The first-order valence-corrected chi connectivity index (χ1v) is 4.81. The number of carbonyl (C=O) groups is 1. The highest BCUT2D eigenvalue weighted by atomic mass is 16.1. The molecule has 0 amide bonds. The molecular weight excluding hydrogens is 206 g/mol. The van der Waals surface area contributed by atoms with Crippen molar-refractivity contribution in [3.63, 3.8) is 0 Å². The fourth-order valence-corrected chi connectivity index (χ4v) is 1.39. The van der Waals surface area contributed by atoms with Crippen LogP contribution in [0.3, 0.4) is 0 Å². The third-order valence-electron chi connectivity index (χ3n) is 2.21. The van der Waals surface area contributed by atoms with Crippen molar-refractivity contribution in [2.24, 2.45) is 5.73 Å². The van der Waals surface area contributed by atoms with E-state index in [9.17, 15) is 4.79 Å². The maximum Gasteiger partial charge on any atom is 0.170 e. The standard InChI is InChI=1S/C10H11N5O/c1-7(16)8-3-2-4-9(5-8)15-10(6-11)12-13-14-15/h2-5H,6,11H2,1H3. The Hall–Kier alpha value is -2.08. The number of aromatic nitrogens is 4. The molecule has 2 N–H and O–H groups in total. The van der Waals surface area contributed by atoms with E-state index in [0.29, 0.717) is 11.4 Å². The second-order valence-corrected chi connectivity index (χ2v) is 3.32. The Balaban J connectivity index is 2.48. The van der Waals surface area contributed by atoms with Crippen molar-refractivity contribution in [2.45, 2.75) is 13.5 Å². The smallest absolute Gasteiger partial charge is 0.170 e. The molecular formula is C10H11N5O. The number of ketones is 1. The zero-order valence-corrected chi connectivity index (χ0v) is 8.79. The van der Waals surface area contributed by atoms with Gasteiger partial charge in [-0.25, -0.2) is 0 Å². The first kappa shape index (κ1) is 10.4. The number of nitrogens with two attached hydrogens (primary N) is 1. The van der Waals surface area contributed by atoms with Gasteiger partial charge in [0.05, 0.1) is 12.2 Å².